The van der Waals surface area contributed by atoms with Crippen LogP contribution in [0.5, 0.6) is 0 Å². The number of nitrogens with zero attached hydrogens (tertiary/aromatic N) is 2. The molecule has 0 amide bonds. The summed E-state index contributed by atoms with van der Waals surface area (Å²) in [4.78, 5) is 28.2. The maximum atomic E-state index is 12.4. The lowest BCUT2D eigenvalue weighted by Gasteiger charge is -2.10. The van der Waals surface area contributed by atoms with Crippen LogP contribution in [-0.4, -0.2) is 20.6 Å². The Morgan fingerprint density at radius 1 is 1.14 bits per heavy atom. The summed E-state index contributed by atoms with van der Waals surface area (Å²) >= 11 is 0. The molecule has 0 fully saturated rings. The van der Waals surface area contributed by atoms with Crippen molar-refractivity contribution in [1.29, 1.82) is 0 Å². The van der Waals surface area contributed by atoms with Gasteiger partial charge in [0.15, 0.2) is 0 Å². The van der Waals surface area contributed by atoms with Crippen LogP contribution in [-0.2, 0) is 13.5 Å². The molecule has 3 aromatic rings. The molecule has 3 rings (SSSR count). The second-order valence-corrected chi connectivity index (χ2v) is 5.05. The molecule has 0 aliphatic heterocycles. The lowest BCUT2D eigenvalue weighted by atomic mass is 10.0. The zero-order chi connectivity index (χ0) is 15.7. The molecule has 1 aromatic heterocycles. The monoisotopic (exact) mass is 294 g/mol. The largest absolute Gasteiger partial charge is 0.478 e. The fourth-order valence-electron chi connectivity index (χ4n) is 2.48. The second kappa shape index (κ2) is 5.44. The molecule has 0 aliphatic rings. The molecule has 0 bridgehead atoms. The van der Waals surface area contributed by atoms with Crippen LogP contribution in [0, 0.1) is 0 Å². The Labute approximate surface area is 126 Å². The average molecular weight is 294 g/mol. The minimum absolute atomic E-state index is 0.131. The zero-order valence-corrected chi connectivity index (χ0v) is 12.0. The topological polar surface area (TPSA) is 72.2 Å². The number of carbonyl (C=O) groups is 1. The fourth-order valence-corrected chi connectivity index (χ4v) is 2.48. The second-order valence-electron chi connectivity index (χ2n) is 5.05. The third kappa shape index (κ3) is 2.37. The quantitative estimate of drug-likeness (QED) is 0.804. The summed E-state index contributed by atoms with van der Waals surface area (Å²) in [5.74, 6) is -0.446. The number of aromatic nitrogens is 2. The van der Waals surface area contributed by atoms with Gasteiger partial charge in [-0.3, -0.25) is 9.36 Å². The third-order valence-corrected chi connectivity index (χ3v) is 3.67. The van der Waals surface area contributed by atoms with Gasteiger partial charge >= 0.3 is 5.97 Å². The minimum Gasteiger partial charge on any atom is -0.478 e. The molecule has 22 heavy (non-hydrogen) atoms. The number of para-hydroxylation sites is 1. The van der Waals surface area contributed by atoms with Crippen molar-refractivity contribution in [2.24, 2.45) is 7.05 Å². The summed E-state index contributed by atoms with van der Waals surface area (Å²) in [6, 6.07) is 13.9. The molecule has 110 valence electrons. The minimum atomic E-state index is -0.985. The van der Waals surface area contributed by atoms with Crippen molar-refractivity contribution >= 4 is 16.9 Å². The number of aromatic carboxylic acids is 1. The number of carboxylic acids is 1. The van der Waals surface area contributed by atoms with Gasteiger partial charge in [0.05, 0.1) is 16.5 Å². The lowest BCUT2D eigenvalue weighted by molar-refractivity contribution is 0.0696. The zero-order valence-electron chi connectivity index (χ0n) is 12.0. The Balaban J connectivity index is 2.14. The molecular formula is C17H14N2O3. The lowest BCUT2D eigenvalue weighted by Crippen LogP contribution is -2.23. The predicted molar refractivity (Wildman–Crippen MR) is 83.2 cm³/mol. The van der Waals surface area contributed by atoms with E-state index < -0.39 is 5.97 Å². The van der Waals surface area contributed by atoms with Crippen molar-refractivity contribution in [3.63, 3.8) is 0 Å². The van der Waals surface area contributed by atoms with E-state index in [1.165, 1.54) is 4.57 Å². The van der Waals surface area contributed by atoms with Crippen molar-refractivity contribution in [2.75, 3.05) is 0 Å². The standard InChI is InChI=1S/C17H14N2O3/c1-19-15(10-11-6-2-3-7-12(11)17(21)22)18-14-9-5-4-8-13(14)16(19)20/h2-9H,10H2,1H3,(H,21,22). The van der Waals surface area contributed by atoms with Crippen LogP contribution in [0.25, 0.3) is 10.9 Å². The number of hydrogen-bond acceptors (Lipinski definition) is 3. The van der Waals surface area contributed by atoms with E-state index in [0.29, 0.717) is 28.7 Å². The number of rotatable bonds is 3. The predicted octanol–water partition coefficient (Wildman–Crippen LogP) is 2.22. The van der Waals surface area contributed by atoms with Crippen LogP contribution in [0.2, 0.25) is 0 Å². The Morgan fingerprint density at radius 2 is 1.82 bits per heavy atom. The van der Waals surface area contributed by atoms with Crippen molar-refractivity contribution in [2.45, 2.75) is 6.42 Å². The summed E-state index contributed by atoms with van der Waals surface area (Å²) in [5.41, 5.74) is 1.35. The van der Waals surface area contributed by atoms with Gasteiger partial charge in [0.2, 0.25) is 0 Å². The summed E-state index contributed by atoms with van der Waals surface area (Å²) in [5, 5.41) is 9.81. The number of benzene rings is 2. The van der Waals surface area contributed by atoms with Crippen molar-refractivity contribution in [3.8, 4) is 0 Å². The van der Waals surface area contributed by atoms with E-state index in [-0.39, 0.29) is 11.1 Å². The smallest absolute Gasteiger partial charge is 0.335 e. The number of carboxylic acid groups (broad SMARTS) is 1. The van der Waals surface area contributed by atoms with Crippen LogP contribution in [0.4, 0.5) is 0 Å². The highest BCUT2D eigenvalue weighted by atomic mass is 16.4. The maximum absolute atomic E-state index is 12.4. The van der Waals surface area contributed by atoms with Gasteiger partial charge in [-0.2, -0.15) is 0 Å². The molecule has 0 spiro atoms. The molecule has 2 aromatic carbocycles. The summed E-state index contributed by atoms with van der Waals surface area (Å²) < 4.78 is 1.47. The van der Waals surface area contributed by atoms with Crippen LogP contribution >= 0.6 is 0 Å². The molecule has 5 nitrogen and oxygen atoms in total. The van der Waals surface area contributed by atoms with Gasteiger partial charge in [0.25, 0.3) is 5.56 Å². The first-order chi connectivity index (χ1) is 10.6. The van der Waals surface area contributed by atoms with Gasteiger partial charge in [-0.05, 0) is 23.8 Å². The molecule has 5 heteroatoms. The summed E-state index contributed by atoms with van der Waals surface area (Å²) in [7, 11) is 1.65. The Hall–Kier alpha value is -2.95. The molecule has 1 heterocycles. The van der Waals surface area contributed by atoms with Gasteiger partial charge < -0.3 is 5.11 Å². The van der Waals surface area contributed by atoms with E-state index in [1.54, 1.807) is 49.5 Å². The van der Waals surface area contributed by atoms with Gasteiger partial charge in [0, 0.05) is 13.5 Å². The van der Waals surface area contributed by atoms with Crippen molar-refractivity contribution in [3.05, 3.63) is 75.8 Å². The number of hydrogen-bond donors (Lipinski definition) is 1. The fraction of sp³-hybridized carbons (Fsp3) is 0.118. The van der Waals surface area contributed by atoms with E-state index in [2.05, 4.69) is 4.98 Å². The molecule has 0 saturated carbocycles. The highest BCUT2D eigenvalue weighted by Crippen LogP contribution is 2.14. The molecule has 0 atom stereocenters. The van der Waals surface area contributed by atoms with Gasteiger partial charge in [-0.1, -0.05) is 30.3 Å². The first-order valence-corrected chi connectivity index (χ1v) is 6.84. The molecule has 0 unspecified atom stereocenters. The van der Waals surface area contributed by atoms with Crippen LogP contribution in [0.3, 0.4) is 0 Å². The number of fused-ring (bicyclic) bond motifs is 1. The Morgan fingerprint density at radius 3 is 2.59 bits per heavy atom. The normalized spacial score (nSPS) is 10.8. The Kier molecular flexibility index (Phi) is 3.47. The Bertz CT molecular complexity index is 929. The van der Waals surface area contributed by atoms with E-state index in [4.69, 9.17) is 0 Å². The van der Waals surface area contributed by atoms with Crippen molar-refractivity contribution in [1.82, 2.24) is 9.55 Å². The van der Waals surface area contributed by atoms with Crippen LogP contribution < -0.4 is 5.56 Å². The van der Waals surface area contributed by atoms with Gasteiger partial charge in [0.1, 0.15) is 5.82 Å². The molecule has 0 saturated heterocycles. The summed E-state index contributed by atoms with van der Waals surface area (Å²) in [6.45, 7) is 0. The van der Waals surface area contributed by atoms with E-state index >= 15 is 0 Å². The average Bonchev–Trinajstić information content (AvgIpc) is 2.52. The summed E-state index contributed by atoms with van der Waals surface area (Å²) in [6.07, 6.45) is 0.291. The van der Waals surface area contributed by atoms with Crippen LogP contribution in [0.15, 0.2) is 53.3 Å². The molecular weight excluding hydrogens is 280 g/mol. The van der Waals surface area contributed by atoms with Gasteiger partial charge in [-0.25, -0.2) is 9.78 Å². The first-order valence-electron chi connectivity index (χ1n) is 6.84. The molecule has 0 aliphatic carbocycles. The third-order valence-electron chi connectivity index (χ3n) is 3.67. The molecule has 0 radical (unpaired) electrons. The van der Waals surface area contributed by atoms with Gasteiger partial charge in [-0.15, -0.1) is 0 Å². The SMILES string of the molecule is Cn1c(Cc2ccccc2C(=O)O)nc2ccccc2c1=O. The maximum Gasteiger partial charge on any atom is 0.335 e. The van der Waals surface area contributed by atoms with Crippen molar-refractivity contribution < 1.29 is 9.90 Å². The molecule has 1 N–H and O–H groups in total. The van der Waals surface area contributed by atoms with E-state index in [1.807, 2.05) is 6.07 Å². The highest BCUT2D eigenvalue weighted by molar-refractivity contribution is 5.89. The first kappa shape index (κ1) is 14.0. The van der Waals surface area contributed by atoms with Crippen LogP contribution in [0.1, 0.15) is 21.7 Å². The van der Waals surface area contributed by atoms with E-state index in [0.717, 1.165) is 0 Å². The highest BCUT2D eigenvalue weighted by Gasteiger charge is 2.13. The van der Waals surface area contributed by atoms with E-state index in [9.17, 15) is 14.7 Å².